The van der Waals surface area contributed by atoms with E-state index in [2.05, 4.69) is 12.2 Å². The topological polar surface area (TPSA) is 58.6 Å². The first kappa shape index (κ1) is 17.8. The fourth-order valence-electron chi connectivity index (χ4n) is 3.79. The monoisotopic (exact) mass is 344 g/mol. The summed E-state index contributed by atoms with van der Waals surface area (Å²) in [5.74, 6) is 0.441. The van der Waals surface area contributed by atoms with Crippen LogP contribution in [0.1, 0.15) is 51.0 Å². The lowest BCUT2D eigenvalue weighted by atomic mass is 9.95. The molecule has 1 saturated carbocycles. The quantitative estimate of drug-likeness (QED) is 0.832. The predicted molar refractivity (Wildman–Crippen MR) is 97.7 cm³/mol. The molecule has 5 nitrogen and oxygen atoms in total. The first-order valence-corrected chi connectivity index (χ1v) is 9.29. The Balaban J connectivity index is 1.77. The number of methoxy groups -OCH3 is 1. The molecule has 25 heavy (non-hydrogen) atoms. The van der Waals surface area contributed by atoms with Crippen molar-refractivity contribution >= 4 is 17.5 Å². The summed E-state index contributed by atoms with van der Waals surface area (Å²) in [6.07, 6.45) is 5.48. The van der Waals surface area contributed by atoms with Crippen molar-refractivity contribution in [2.45, 2.75) is 58.4 Å². The molecular formula is C20H28N2O3. The van der Waals surface area contributed by atoms with Crippen molar-refractivity contribution in [3.05, 3.63) is 23.8 Å². The van der Waals surface area contributed by atoms with Crippen molar-refractivity contribution in [3.63, 3.8) is 0 Å². The Kier molecular flexibility index (Phi) is 5.02. The average molecular weight is 344 g/mol. The van der Waals surface area contributed by atoms with E-state index in [4.69, 9.17) is 4.74 Å². The SMILES string of the molecule is CCC1CCCCN1C(=O)C1(C(=O)Nc2cc(C)ccc2OC)CC1. The highest BCUT2D eigenvalue weighted by Gasteiger charge is 2.58. The van der Waals surface area contributed by atoms with Gasteiger partial charge in [-0.05, 0) is 63.1 Å². The number of piperidine rings is 1. The molecule has 0 spiro atoms. The van der Waals surface area contributed by atoms with Gasteiger partial charge in [0.15, 0.2) is 0 Å². The molecule has 1 heterocycles. The van der Waals surface area contributed by atoms with Crippen molar-refractivity contribution in [3.8, 4) is 5.75 Å². The molecule has 1 N–H and O–H groups in total. The lowest BCUT2D eigenvalue weighted by Gasteiger charge is -2.37. The summed E-state index contributed by atoms with van der Waals surface area (Å²) in [5, 5.41) is 2.95. The molecule has 2 aliphatic rings. The highest BCUT2D eigenvalue weighted by Crippen LogP contribution is 2.49. The van der Waals surface area contributed by atoms with Gasteiger partial charge in [0, 0.05) is 12.6 Å². The Morgan fingerprint density at radius 3 is 2.72 bits per heavy atom. The van der Waals surface area contributed by atoms with Crippen LogP contribution in [0.5, 0.6) is 5.75 Å². The fourth-order valence-corrected chi connectivity index (χ4v) is 3.79. The first-order chi connectivity index (χ1) is 12.0. The van der Waals surface area contributed by atoms with E-state index in [0.717, 1.165) is 31.4 Å². The van der Waals surface area contributed by atoms with Gasteiger partial charge < -0.3 is 15.0 Å². The summed E-state index contributed by atoms with van der Waals surface area (Å²) < 4.78 is 5.34. The van der Waals surface area contributed by atoms with Crippen LogP contribution in [-0.4, -0.2) is 36.4 Å². The van der Waals surface area contributed by atoms with E-state index < -0.39 is 5.41 Å². The third-order valence-corrected chi connectivity index (χ3v) is 5.56. The van der Waals surface area contributed by atoms with Gasteiger partial charge >= 0.3 is 0 Å². The molecular weight excluding hydrogens is 316 g/mol. The zero-order chi connectivity index (χ0) is 18.0. The number of carbonyl (C=O) groups excluding carboxylic acids is 2. The number of ether oxygens (including phenoxy) is 1. The van der Waals surface area contributed by atoms with E-state index >= 15 is 0 Å². The minimum Gasteiger partial charge on any atom is -0.495 e. The lowest BCUT2D eigenvalue weighted by Crippen LogP contribution is -2.49. The van der Waals surface area contributed by atoms with Crippen LogP contribution >= 0.6 is 0 Å². The van der Waals surface area contributed by atoms with E-state index in [9.17, 15) is 9.59 Å². The second-order valence-corrected chi connectivity index (χ2v) is 7.30. The smallest absolute Gasteiger partial charge is 0.240 e. The molecule has 1 aliphatic heterocycles. The van der Waals surface area contributed by atoms with Crippen LogP contribution in [-0.2, 0) is 9.59 Å². The van der Waals surface area contributed by atoms with Crippen LogP contribution in [0.15, 0.2) is 18.2 Å². The fraction of sp³-hybridized carbons (Fsp3) is 0.600. The van der Waals surface area contributed by atoms with Gasteiger partial charge in [0.1, 0.15) is 11.2 Å². The van der Waals surface area contributed by atoms with Crippen molar-refractivity contribution < 1.29 is 14.3 Å². The van der Waals surface area contributed by atoms with E-state index in [1.807, 2.05) is 30.0 Å². The normalized spacial score (nSPS) is 21.6. The van der Waals surface area contributed by atoms with Gasteiger partial charge in [-0.25, -0.2) is 0 Å². The van der Waals surface area contributed by atoms with Crippen molar-refractivity contribution in [1.29, 1.82) is 0 Å². The average Bonchev–Trinajstić information content (AvgIpc) is 3.43. The van der Waals surface area contributed by atoms with Gasteiger partial charge in [0.25, 0.3) is 0 Å². The molecule has 1 aliphatic carbocycles. The van der Waals surface area contributed by atoms with Crippen LogP contribution in [0.2, 0.25) is 0 Å². The Morgan fingerprint density at radius 2 is 2.08 bits per heavy atom. The number of amides is 2. The Morgan fingerprint density at radius 1 is 1.32 bits per heavy atom. The second kappa shape index (κ2) is 7.06. The van der Waals surface area contributed by atoms with E-state index in [0.29, 0.717) is 24.3 Å². The number of nitrogens with one attached hydrogen (secondary N) is 1. The number of aryl methyl sites for hydroxylation is 1. The van der Waals surface area contributed by atoms with E-state index in [1.54, 1.807) is 7.11 Å². The van der Waals surface area contributed by atoms with Gasteiger partial charge in [0.2, 0.25) is 11.8 Å². The number of rotatable bonds is 5. The van der Waals surface area contributed by atoms with Crippen LogP contribution in [0.3, 0.4) is 0 Å². The molecule has 1 atom stereocenters. The maximum atomic E-state index is 13.1. The molecule has 2 fully saturated rings. The van der Waals surface area contributed by atoms with Crippen LogP contribution in [0, 0.1) is 12.3 Å². The Labute approximate surface area is 149 Å². The zero-order valence-electron chi connectivity index (χ0n) is 15.4. The summed E-state index contributed by atoms with van der Waals surface area (Å²) >= 11 is 0. The van der Waals surface area contributed by atoms with Gasteiger partial charge in [-0.3, -0.25) is 9.59 Å². The van der Waals surface area contributed by atoms with Crippen LogP contribution in [0.25, 0.3) is 0 Å². The minimum atomic E-state index is -0.875. The number of hydrogen-bond donors (Lipinski definition) is 1. The van der Waals surface area contributed by atoms with Gasteiger partial charge in [0.05, 0.1) is 12.8 Å². The third-order valence-electron chi connectivity index (χ3n) is 5.56. The summed E-state index contributed by atoms with van der Waals surface area (Å²) in [6.45, 7) is 4.86. The number of nitrogens with zero attached hydrogens (tertiary/aromatic N) is 1. The molecule has 0 bridgehead atoms. The van der Waals surface area contributed by atoms with E-state index in [-0.39, 0.29) is 17.9 Å². The molecule has 3 rings (SSSR count). The van der Waals surface area contributed by atoms with Gasteiger partial charge in [-0.15, -0.1) is 0 Å². The molecule has 2 amide bonds. The minimum absolute atomic E-state index is 0.0168. The number of likely N-dealkylation sites (tertiary alicyclic amines) is 1. The maximum Gasteiger partial charge on any atom is 0.240 e. The van der Waals surface area contributed by atoms with E-state index in [1.165, 1.54) is 6.42 Å². The molecule has 0 radical (unpaired) electrons. The molecule has 1 aromatic carbocycles. The number of carbonyl (C=O) groups is 2. The number of hydrogen-bond acceptors (Lipinski definition) is 3. The highest BCUT2D eigenvalue weighted by molar-refractivity contribution is 6.13. The number of benzene rings is 1. The van der Waals surface area contributed by atoms with Crippen molar-refractivity contribution in [2.75, 3.05) is 19.0 Å². The largest absolute Gasteiger partial charge is 0.495 e. The molecule has 1 aromatic rings. The summed E-state index contributed by atoms with van der Waals surface area (Å²) in [7, 11) is 1.58. The highest BCUT2D eigenvalue weighted by atomic mass is 16.5. The summed E-state index contributed by atoms with van der Waals surface area (Å²) in [4.78, 5) is 28.0. The van der Waals surface area contributed by atoms with Crippen LogP contribution in [0.4, 0.5) is 5.69 Å². The second-order valence-electron chi connectivity index (χ2n) is 7.30. The zero-order valence-corrected chi connectivity index (χ0v) is 15.4. The summed E-state index contributed by atoms with van der Waals surface area (Å²) in [5.41, 5.74) is 0.797. The Bertz CT molecular complexity index is 667. The Hall–Kier alpha value is -2.04. The lowest BCUT2D eigenvalue weighted by molar-refractivity contribution is -0.145. The number of anilines is 1. The predicted octanol–water partition coefficient (Wildman–Crippen LogP) is 3.51. The third kappa shape index (κ3) is 3.37. The molecule has 5 heteroatoms. The molecule has 1 unspecified atom stereocenters. The first-order valence-electron chi connectivity index (χ1n) is 9.29. The van der Waals surface area contributed by atoms with Gasteiger partial charge in [-0.1, -0.05) is 13.0 Å². The maximum absolute atomic E-state index is 13.1. The van der Waals surface area contributed by atoms with Gasteiger partial charge in [-0.2, -0.15) is 0 Å². The van der Waals surface area contributed by atoms with Crippen LogP contribution < -0.4 is 10.1 Å². The molecule has 1 saturated heterocycles. The molecule has 0 aromatic heterocycles. The van der Waals surface area contributed by atoms with Crippen molar-refractivity contribution in [1.82, 2.24) is 4.90 Å². The molecule has 136 valence electrons. The van der Waals surface area contributed by atoms with Crippen molar-refractivity contribution in [2.24, 2.45) is 5.41 Å². The standard InChI is InChI=1S/C20H28N2O3/c1-4-15-7-5-6-12-22(15)19(24)20(10-11-20)18(23)21-16-13-14(2)8-9-17(16)25-3/h8-9,13,15H,4-7,10-12H2,1-3H3,(H,21,23). The summed E-state index contributed by atoms with van der Waals surface area (Å²) in [6, 6.07) is 5.93.